The third kappa shape index (κ3) is 5.19. The zero-order chi connectivity index (χ0) is 26.2. The van der Waals surface area contributed by atoms with Crippen LogP contribution < -0.4 is 11.4 Å². The highest BCUT2D eigenvalue weighted by Crippen LogP contribution is 2.59. The fourth-order valence-electron chi connectivity index (χ4n) is 3.95. The van der Waals surface area contributed by atoms with E-state index in [2.05, 4.69) is 20.4 Å². The average molecular weight is 516 g/mol. The molecule has 1 aliphatic heterocycles. The third-order valence-electron chi connectivity index (χ3n) is 6.74. The number of nitrogen functional groups attached to an aromatic ring is 1. The molecule has 0 saturated carbocycles. The zero-order valence-electron chi connectivity index (χ0n) is 20.0. The highest BCUT2D eigenvalue weighted by Gasteiger charge is 2.51. The van der Waals surface area contributed by atoms with Gasteiger partial charge in [0.05, 0.1) is 23.5 Å². The van der Waals surface area contributed by atoms with Crippen LogP contribution in [0.5, 0.6) is 0 Å². The number of nitrogens with one attached hydrogen (secondary N) is 1. The summed E-state index contributed by atoms with van der Waals surface area (Å²) in [5.74, 6) is -0.101. The van der Waals surface area contributed by atoms with Crippen molar-refractivity contribution in [3.05, 3.63) is 22.9 Å². The maximum Gasteiger partial charge on any atom is 0.359 e. The summed E-state index contributed by atoms with van der Waals surface area (Å²) >= 11 is 0. The van der Waals surface area contributed by atoms with Crippen LogP contribution in [-0.4, -0.2) is 74.4 Å². The third-order valence-corrected chi connectivity index (χ3v) is 8.91. The van der Waals surface area contributed by atoms with Gasteiger partial charge in [-0.05, 0) is 26.2 Å². The van der Waals surface area contributed by atoms with Crippen molar-refractivity contribution in [3.8, 4) is 11.3 Å². The Labute approximate surface area is 201 Å². The van der Waals surface area contributed by atoms with Crippen molar-refractivity contribution in [2.75, 3.05) is 5.73 Å². The molecule has 0 bridgehead atoms. The number of aliphatic hydroxyl groups is 3. The number of H-pyrrole nitrogens is 1. The minimum Gasteiger partial charge on any atom is -0.388 e. The van der Waals surface area contributed by atoms with Crippen LogP contribution in [0.25, 0.3) is 11.3 Å². The van der Waals surface area contributed by atoms with E-state index in [4.69, 9.17) is 15.0 Å². The van der Waals surface area contributed by atoms with E-state index in [0.717, 1.165) is 4.57 Å². The zero-order valence-corrected chi connectivity index (χ0v) is 20.9. The van der Waals surface area contributed by atoms with Crippen molar-refractivity contribution >= 4 is 13.4 Å². The Balaban J connectivity index is 1.91. The van der Waals surface area contributed by atoms with Crippen molar-refractivity contribution in [3.63, 3.8) is 0 Å². The Morgan fingerprint density at radius 3 is 2.46 bits per heavy atom. The molecule has 0 amide bonds. The van der Waals surface area contributed by atoms with Gasteiger partial charge >= 0.3 is 13.3 Å². The van der Waals surface area contributed by atoms with Crippen LogP contribution in [-0.2, 0) is 13.8 Å². The van der Waals surface area contributed by atoms with Crippen LogP contribution in [0.3, 0.4) is 0 Å². The van der Waals surface area contributed by atoms with Crippen LogP contribution in [0, 0.1) is 0 Å². The monoisotopic (exact) mass is 516 g/mol. The van der Waals surface area contributed by atoms with Gasteiger partial charge in [0.2, 0.25) is 0 Å². The van der Waals surface area contributed by atoms with Gasteiger partial charge in [0.1, 0.15) is 23.7 Å². The first-order valence-corrected chi connectivity index (χ1v) is 12.9. The second-order valence-corrected chi connectivity index (χ2v) is 11.1. The summed E-state index contributed by atoms with van der Waals surface area (Å²) < 4.78 is 25.4. The van der Waals surface area contributed by atoms with Crippen LogP contribution >= 0.6 is 7.60 Å². The number of nitrogens with zero attached hydrogens (tertiary/aromatic N) is 4. The van der Waals surface area contributed by atoms with Crippen molar-refractivity contribution in [1.82, 2.24) is 25.0 Å². The van der Waals surface area contributed by atoms with Gasteiger partial charge in [-0.25, -0.2) is 4.79 Å². The molecule has 3 rings (SSSR count). The predicted molar refractivity (Wildman–Crippen MR) is 124 cm³/mol. The van der Waals surface area contributed by atoms with Crippen molar-refractivity contribution < 1.29 is 34.0 Å². The molecule has 0 spiro atoms. The van der Waals surface area contributed by atoms with Crippen LogP contribution in [0.1, 0.15) is 59.6 Å². The maximum atomic E-state index is 12.9. The smallest absolute Gasteiger partial charge is 0.359 e. The maximum absolute atomic E-state index is 12.9. The molecule has 15 heteroatoms. The highest BCUT2D eigenvalue weighted by molar-refractivity contribution is 7.54. The summed E-state index contributed by atoms with van der Waals surface area (Å²) in [7, 11) is -4.50. The van der Waals surface area contributed by atoms with Crippen molar-refractivity contribution in [2.45, 2.75) is 88.9 Å². The molecule has 1 fully saturated rings. The first kappa shape index (κ1) is 27.4. The largest absolute Gasteiger partial charge is 0.388 e. The summed E-state index contributed by atoms with van der Waals surface area (Å²) in [5, 5.41) is 39.9. The van der Waals surface area contributed by atoms with Crippen molar-refractivity contribution in [1.29, 1.82) is 0 Å². The fourth-order valence-corrected chi connectivity index (χ4v) is 5.41. The predicted octanol–water partition coefficient (Wildman–Crippen LogP) is 0.499. The molecule has 14 nitrogen and oxygen atoms in total. The molecule has 3 heterocycles. The molecule has 196 valence electrons. The van der Waals surface area contributed by atoms with E-state index < -0.39 is 48.8 Å². The Hall–Kier alpha value is -2.19. The molecule has 6 unspecified atom stereocenters. The summed E-state index contributed by atoms with van der Waals surface area (Å²) in [6, 6.07) is 0. The molecule has 2 aromatic heterocycles. The van der Waals surface area contributed by atoms with E-state index in [1.807, 2.05) is 0 Å². The molecule has 7 N–H and O–H groups in total. The Kier molecular flexibility index (Phi) is 7.87. The van der Waals surface area contributed by atoms with E-state index >= 15 is 0 Å². The van der Waals surface area contributed by atoms with E-state index in [9.17, 15) is 29.6 Å². The number of aliphatic hydroxyl groups excluding tert-OH is 2. The van der Waals surface area contributed by atoms with Gasteiger partial charge in [-0.1, -0.05) is 20.8 Å². The molecule has 1 aliphatic rings. The molecule has 1 saturated heterocycles. The number of aromatic nitrogens is 5. The highest BCUT2D eigenvalue weighted by atomic mass is 31.2. The van der Waals surface area contributed by atoms with Crippen LogP contribution in [0.2, 0.25) is 0 Å². The average Bonchev–Trinajstić information content (AvgIpc) is 3.43. The van der Waals surface area contributed by atoms with E-state index in [1.54, 1.807) is 20.8 Å². The molecule has 35 heavy (non-hydrogen) atoms. The molecule has 0 radical (unpaired) electrons. The summed E-state index contributed by atoms with van der Waals surface area (Å²) in [6.45, 7) is 6.25. The van der Waals surface area contributed by atoms with Gasteiger partial charge < -0.3 is 30.7 Å². The van der Waals surface area contributed by atoms with Crippen LogP contribution in [0.15, 0.2) is 17.2 Å². The fraction of sp³-hybridized carbons (Fsp3) is 0.700. The molecular weight excluding hydrogens is 483 g/mol. The SMILES string of the molecule is CCC(CC)(CC1OC(n2cc(-c3cn[nH]n3)c(N)nc2=O)C(O)C1O)OP(=O)(O)C(C)(O)CC. The molecule has 0 aliphatic carbocycles. The van der Waals surface area contributed by atoms with Gasteiger partial charge in [0, 0.05) is 12.6 Å². The molecule has 2 aromatic rings. The molecular formula is C20H33N6O8P. The number of hydrogen-bond donors (Lipinski definition) is 6. The van der Waals surface area contributed by atoms with Gasteiger partial charge in [-0.3, -0.25) is 13.7 Å². The first-order chi connectivity index (χ1) is 16.3. The Morgan fingerprint density at radius 1 is 1.26 bits per heavy atom. The van der Waals surface area contributed by atoms with Gasteiger partial charge in [0.15, 0.2) is 11.6 Å². The lowest BCUT2D eigenvalue weighted by molar-refractivity contribution is -0.0774. The second-order valence-electron chi connectivity index (χ2n) is 8.91. The lowest BCUT2D eigenvalue weighted by Crippen LogP contribution is -2.41. The topological polar surface area (TPSA) is 219 Å². The molecule has 0 aromatic carbocycles. The van der Waals surface area contributed by atoms with Crippen molar-refractivity contribution in [2.24, 2.45) is 0 Å². The van der Waals surface area contributed by atoms with Gasteiger partial charge in [-0.2, -0.15) is 20.4 Å². The summed E-state index contributed by atoms with van der Waals surface area (Å²) in [6.07, 6.45) is -2.31. The number of nitrogens with two attached hydrogens (primary N) is 1. The quantitative estimate of drug-likeness (QED) is 0.238. The van der Waals surface area contributed by atoms with E-state index in [1.165, 1.54) is 19.3 Å². The van der Waals surface area contributed by atoms with E-state index in [0.29, 0.717) is 5.69 Å². The first-order valence-electron chi connectivity index (χ1n) is 11.3. The number of rotatable bonds is 10. The number of hydrogen-bond acceptors (Lipinski definition) is 11. The van der Waals surface area contributed by atoms with Gasteiger partial charge in [0.25, 0.3) is 0 Å². The van der Waals surface area contributed by atoms with Gasteiger partial charge in [-0.15, -0.1) is 0 Å². The second kappa shape index (κ2) is 10.1. The lowest BCUT2D eigenvalue weighted by Gasteiger charge is -2.39. The van der Waals surface area contributed by atoms with Crippen LogP contribution in [0.4, 0.5) is 5.82 Å². The number of ether oxygens (including phenoxy) is 1. The summed E-state index contributed by atoms with van der Waals surface area (Å²) in [5.41, 5.74) is 4.33. The minimum absolute atomic E-state index is 0.0193. The lowest BCUT2D eigenvalue weighted by atomic mass is 9.88. The van der Waals surface area contributed by atoms with E-state index in [-0.39, 0.29) is 37.1 Å². The summed E-state index contributed by atoms with van der Waals surface area (Å²) in [4.78, 5) is 26.8. The number of anilines is 1. The molecule has 6 atom stereocenters. The Bertz CT molecular complexity index is 1120. The number of aromatic amines is 1. The standard InChI is InChI=1S/C20H33N6O8P/c1-5-19(4,30)35(31,32)34-20(6-2,7-3)8-13-14(27)15(28)17(33-13)26-10-11(12-9-22-25-24-12)16(21)23-18(26)29/h9-10,13-15,17,27-28,30H,5-8H2,1-4H3,(H,31,32)(H2,21,23,29)(H,22,24,25). The normalized spacial score (nSPS) is 26.4. The minimum atomic E-state index is -4.50. The Morgan fingerprint density at radius 2 is 1.91 bits per heavy atom.